The molecule has 0 aromatic carbocycles. The molecule has 19 heavy (non-hydrogen) atoms. The first kappa shape index (κ1) is 13.0. The molecule has 5 heteroatoms. The van der Waals surface area contributed by atoms with Crippen molar-refractivity contribution in [2.75, 3.05) is 11.1 Å². The highest BCUT2D eigenvalue weighted by Gasteiger charge is 2.03. The van der Waals surface area contributed by atoms with E-state index in [2.05, 4.69) is 15.3 Å². The molecule has 2 rings (SSSR count). The van der Waals surface area contributed by atoms with Crippen LogP contribution in [0.25, 0.3) is 0 Å². The summed E-state index contributed by atoms with van der Waals surface area (Å²) in [6, 6.07) is 9.18. The maximum atomic E-state index is 11.7. The summed E-state index contributed by atoms with van der Waals surface area (Å²) in [6.45, 7) is 0. The molecule has 2 heterocycles. The van der Waals surface area contributed by atoms with Gasteiger partial charge in [-0.05, 0) is 37.1 Å². The fraction of sp³-hybridized carbons (Fsp3) is 0.214. The average Bonchev–Trinajstić information content (AvgIpc) is 2.43. The molecule has 0 aliphatic heterocycles. The lowest BCUT2D eigenvalue weighted by Crippen LogP contribution is -2.11. The van der Waals surface area contributed by atoms with Gasteiger partial charge in [0, 0.05) is 18.3 Å². The van der Waals surface area contributed by atoms with Gasteiger partial charge in [0.2, 0.25) is 5.91 Å². The minimum absolute atomic E-state index is 0.0255. The van der Waals surface area contributed by atoms with Gasteiger partial charge in [-0.3, -0.25) is 9.78 Å². The second-order valence-electron chi connectivity index (χ2n) is 4.19. The van der Waals surface area contributed by atoms with Gasteiger partial charge in [-0.1, -0.05) is 6.07 Å². The maximum Gasteiger partial charge on any atom is 0.224 e. The Morgan fingerprint density at radius 3 is 2.79 bits per heavy atom. The molecule has 3 N–H and O–H groups in total. The highest BCUT2D eigenvalue weighted by atomic mass is 16.1. The molecule has 0 saturated heterocycles. The molecular formula is C14H16N4O. The fourth-order valence-corrected chi connectivity index (χ4v) is 1.68. The maximum absolute atomic E-state index is 11.7. The molecule has 0 atom stereocenters. The van der Waals surface area contributed by atoms with Gasteiger partial charge in [0.15, 0.2) is 0 Å². The number of nitrogens with one attached hydrogen (secondary N) is 1. The van der Waals surface area contributed by atoms with Crippen LogP contribution >= 0.6 is 0 Å². The van der Waals surface area contributed by atoms with E-state index in [4.69, 9.17) is 5.73 Å². The molecular weight excluding hydrogens is 240 g/mol. The number of hydrogen-bond donors (Lipinski definition) is 2. The van der Waals surface area contributed by atoms with Crippen LogP contribution in [-0.2, 0) is 11.2 Å². The topological polar surface area (TPSA) is 80.9 Å². The van der Waals surface area contributed by atoms with Gasteiger partial charge < -0.3 is 11.1 Å². The predicted molar refractivity (Wildman–Crippen MR) is 74.5 cm³/mol. The van der Waals surface area contributed by atoms with Gasteiger partial charge in [0.25, 0.3) is 0 Å². The Bertz CT molecular complexity index is 525. The van der Waals surface area contributed by atoms with Crippen LogP contribution in [0.1, 0.15) is 18.5 Å². The second kappa shape index (κ2) is 6.49. The van der Waals surface area contributed by atoms with E-state index in [9.17, 15) is 4.79 Å². The smallest absolute Gasteiger partial charge is 0.224 e. The molecule has 1 amide bonds. The van der Waals surface area contributed by atoms with E-state index in [0.29, 0.717) is 17.9 Å². The van der Waals surface area contributed by atoms with Gasteiger partial charge in [-0.2, -0.15) is 0 Å². The van der Waals surface area contributed by atoms with Crippen LogP contribution in [0.4, 0.5) is 11.5 Å². The number of rotatable bonds is 5. The number of aryl methyl sites for hydroxylation is 1. The third-order valence-corrected chi connectivity index (χ3v) is 2.63. The van der Waals surface area contributed by atoms with Crippen molar-refractivity contribution in [3.05, 3.63) is 48.4 Å². The summed E-state index contributed by atoms with van der Waals surface area (Å²) >= 11 is 0. The highest BCUT2D eigenvalue weighted by molar-refractivity contribution is 5.90. The van der Waals surface area contributed by atoms with Crippen LogP contribution in [-0.4, -0.2) is 15.9 Å². The number of nitrogens with zero attached hydrogens (tertiary/aromatic N) is 2. The van der Waals surface area contributed by atoms with Crippen molar-refractivity contribution >= 4 is 17.4 Å². The van der Waals surface area contributed by atoms with E-state index in [0.717, 1.165) is 18.5 Å². The van der Waals surface area contributed by atoms with E-state index < -0.39 is 0 Å². The molecule has 0 unspecified atom stereocenters. The number of carbonyl (C=O) groups is 1. The molecule has 98 valence electrons. The van der Waals surface area contributed by atoms with Crippen LogP contribution in [0.3, 0.4) is 0 Å². The third kappa shape index (κ3) is 4.39. The SMILES string of the molecule is Nc1ccc(NC(=O)CCCc2ccccn2)cn1. The number of aromatic nitrogens is 2. The van der Waals surface area contributed by atoms with Gasteiger partial charge in [0.05, 0.1) is 11.9 Å². The van der Waals surface area contributed by atoms with E-state index >= 15 is 0 Å². The number of pyridine rings is 2. The highest BCUT2D eigenvalue weighted by Crippen LogP contribution is 2.08. The number of anilines is 2. The zero-order chi connectivity index (χ0) is 13.5. The zero-order valence-electron chi connectivity index (χ0n) is 10.5. The normalized spacial score (nSPS) is 10.1. The van der Waals surface area contributed by atoms with Gasteiger partial charge >= 0.3 is 0 Å². The van der Waals surface area contributed by atoms with Gasteiger partial charge in [-0.25, -0.2) is 4.98 Å². The minimum atomic E-state index is -0.0255. The summed E-state index contributed by atoms with van der Waals surface area (Å²) in [5, 5.41) is 2.78. The molecule has 0 saturated carbocycles. The summed E-state index contributed by atoms with van der Waals surface area (Å²) in [6.07, 6.45) is 5.34. The van der Waals surface area contributed by atoms with E-state index in [1.165, 1.54) is 0 Å². The van der Waals surface area contributed by atoms with Crippen molar-refractivity contribution < 1.29 is 4.79 Å². The van der Waals surface area contributed by atoms with Crippen LogP contribution in [0.15, 0.2) is 42.7 Å². The summed E-state index contributed by atoms with van der Waals surface area (Å²) < 4.78 is 0. The molecule has 2 aromatic heterocycles. The summed E-state index contributed by atoms with van der Waals surface area (Å²) in [5.41, 5.74) is 7.14. The second-order valence-corrected chi connectivity index (χ2v) is 4.19. The Balaban J connectivity index is 1.74. The number of nitrogen functional groups attached to an aromatic ring is 1. The third-order valence-electron chi connectivity index (χ3n) is 2.63. The number of amides is 1. The number of hydrogen-bond acceptors (Lipinski definition) is 4. The van der Waals surface area contributed by atoms with Crippen LogP contribution in [0.5, 0.6) is 0 Å². The lowest BCUT2D eigenvalue weighted by molar-refractivity contribution is -0.116. The molecule has 0 aliphatic rings. The summed E-state index contributed by atoms with van der Waals surface area (Å²) in [4.78, 5) is 19.8. The lowest BCUT2D eigenvalue weighted by atomic mass is 10.1. The molecule has 0 fully saturated rings. The standard InChI is InChI=1S/C14H16N4O/c15-13-8-7-12(10-17-13)18-14(19)6-3-5-11-4-1-2-9-16-11/h1-2,4,7-10H,3,5-6H2,(H2,15,17)(H,18,19). The Morgan fingerprint density at radius 2 is 2.11 bits per heavy atom. The molecule has 5 nitrogen and oxygen atoms in total. The molecule has 0 aliphatic carbocycles. The van der Waals surface area contributed by atoms with E-state index in [1.807, 2.05) is 18.2 Å². The van der Waals surface area contributed by atoms with Crippen molar-refractivity contribution in [2.24, 2.45) is 0 Å². The molecule has 0 spiro atoms. The fourth-order valence-electron chi connectivity index (χ4n) is 1.68. The molecule has 2 aromatic rings. The van der Waals surface area contributed by atoms with Crippen molar-refractivity contribution in [1.29, 1.82) is 0 Å². The Morgan fingerprint density at radius 1 is 1.21 bits per heavy atom. The Labute approximate surface area is 111 Å². The number of carbonyl (C=O) groups excluding carboxylic acids is 1. The van der Waals surface area contributed by atoms with Gasteiger partial charge in [0.1, 0.15) is 5.82 Å². The van der Waals surface area contributed by atoms with Crippen LogP contribution < -0.4 is 11.1 Å². The number of nitrogens with two attached hydrogens (primary N) is 1. The molecule has 0 radical (unpaired) electrons. The first-order chi connectivity index (χ1) is 9.24. The van der Waals surface area contributed by atoms with E-state index in [-0.39, 0.29) is 5.91 Å². The average molecular weight is 256 g/mol. The quantitative estimate of drug-likeness (QED) is 0.857. The van der Waals surface area contributed by atoms with Crippen molar-refractivity contribution in [2.45, 2.75) is 19.3 Å². The lowest BCUT2D eigenvalue weighted by Gasteiger charge is -2.04. The van der Waals surface area contributed by atoms with Crippen molar-refractivity contribution in [3.8, 4) is 0 Å². The Kier molecular flexibility index (Phi) is 4.44. The zero-order valence-corrected chi connectivity index (χ0v) is 10.5. The summed E-state index contributed by atoms with van der Waals surface area (Å²) in [5.74, 6) is 0.413. The summed E-state index contributed by atoms with van der Waals surface area (Å²) in [7, 11) is 0. The van der Waals surface area contributed by atoms with Crippen molar-refractivity contribution in [3.63, 3.8) is 0 Å². The largest absolute Gasteiger partial charge is 0.384 e. The predicted octanol–water partition coefficient (Wildman–Crippen LogP) is 2.02. The van der Waals surface area contributed by atoms with Gasteiger partial charge in [-0.15, -0.1) is 0 Å². The monoisotopic (exact) mass is 256 g/mol. The van der Waals surface area contributed by atoms with Crippen LogP contribution in [0.2, 0.25) is 0 Å². The minimum Gasteiger partial charge on any atom is -0.384 e. The van der Waals surface area contributed by atoms with Crippen molar-refractivity contribution in [1.82, 2.24) is 9.97 Å². The molecule has 0 bridgehead atoms. The van der Waals surface area contributed by atoms with Crippen LogP contribution in [0, 0.1) is 0 Å². The van der Waals surface area contributed by atoms with E-state index in [1.54, 1.807) is 24.5 Å². The first-order valence-corrected chi connectivity index (χ1v) is 6.15. The first-order valence-electron chi connectivity index (χ1n) is 6.15. The Hall–Kier alpha value is -2.43.